The molecule has 4 nitrogen and oxygen atoms in total. The zero-order valence-electron chi connectivity index (χ0n) is 10.3. The molecule has 0 atom stereocenters. The summed E-state index contributed by atoms with van der Waals surface area (Å²) < 4.78 is 24.2. The van der Waals surface area contributed by atoms with Gasteiger partial charge >= 0.3 is 0 Å². The first-order valence-electron chi connectivity index (χ1n) is 5.67. The van der Waals surface area contributed by atoms with Crippen molar-refractivity contribution in [2.75, 3.05) is 23.7 Å². The summed E-state index contributed by atoms with van der Waals surface area (Å²) in [6.45, 7) is 6.19. The molecule has 1 heterocycles. The highest BCUT2D eigenvalue weighted by atomic mass is 19.3. The molecular formula is C11H18F2N4. The monoisotopic (exact) mass is 244 g/mol. The van der Waals surface area contributed by atoms with Gasteiger partial charge in [-0.2, -0.15) is 0 Å². The van der Waals surface area contributed by atoms with Gasteiger partial charge in [0.05, 0.1) is 6.54 Å². The lowest BCUT2D eigenvalue weighted by Gasteiger charge is -2.11. The van der Waals surface area contributed by atoms with Gasteiger partial charge in [-0.3, -0.25) is 0 Å². The molecule has 0 aliphatic carbocycles. The Labute approximate surface area is 99.9 Å². The molecule has 1 aromatic rings. The molecule has 6 heteroatoms. The first-order chi connectivity index (χ1) is 8.02. The van der Waals surface area contributed by atoms with Gasteiger partial charge in [0.25, 0.3) is 6.43 Å². The van der Waals surface area contributed by atoms with Crippen molar-refractivity contribution in [1.29, 1.82) is 0 Å². The number of alkyl halides is 2. The molecule has 1 rings (SSSR count). The predicted molar refractivity (Wildman–Crippen MR) is 64.8 cm³/mol. The summed E-state index contributed by atoms with van der Waals surface area (Å²) in [7, 11) is 0. The highest BCUT2D eigenvalue weighted by Gasteiger charge is 2.09. The Bertz CT molecular complexity index is 355. The minimum Gasteiger partial charge on any atom is -0.370 e. The van der Waals surface area contributed by atoms with E-state index >= 15 is 0 Å². The van der Waals surface area contributed by atoms with E-state index in [2.05, 4.69) is 20.6 Å². The molecule has 0 spiro atoms. The van der Waals surface area contributed by atoms with E-state index in [1.54, 1.807) is 6.07 Å². The molecule has 1 aromatic heterocycles. The Morgan fingerprint density at radius 1 is 1.18 bits per heavy atom. The van der Waals surface area contributed by atoms with Gasteiger partial charge in [-0.1, -0.05) is 13.8 Å². The second-order valence-electron chi connectivity index (χ2n) is 3.95. The van der Waals surface area contributed by atoms with Crippen LogP contribution in [-0.2, 0) is 0 Å². The molecule has 0 saturated heterocycles. The van der Waals surface area contributed by atoms with Gasteiger partial charge in [-0.25, -0.2) is 18.7 Å². The Hall–Kier alpha value is -1.46. The van der Waals surface area contributed by atoms with E-state index in [0.29, 0.717) is 17.5 Å². The molecular weight excluding hydrogens is 226 g/mol. The van der Waals surface area contributed by atoms with E-state index in [9.17, 15) is 8.78 Å². The van der Waals surface area contributed by atoms with Gasteiger partial charge in [0.2, 0.25) is 0 Å². The van der Waals surface area contributed by atoms with E-state index in [4.69, 9.17) is 0 Å². The van der Waals surface area contributed by atoms with Gasteiger partial charge in [0.1, 0.15) is 17.5 Å². The van der Waals surface area contributed by atoms with Crippen molar-refractivity contribution in [2.45, 2.75) is 33.1 Å². The molecule has 0 saturated carbocycles. The zero-order chi connectivity index (χ0) is 12.8. The van der Waals surface area contributed by atoms with Crippen molar-refractivity contribution >= 4 is 11.6 Å². The lowest BCUT2D eigenvalue weighted by molar-refractivity contribution is 0.163. The second kappa shape index (κ2) is 6.32. The van der Waals surface area contributed by atoms with Crippen molar-refractivity contribution in [1.82, 2.24) is 9.97 Å². The Kier molecular flexibility index (Phi) is 5.06. The third-order valence-corrected chi connectivity index (χ3v) is 2.06. The Balaban J connectivity index is 2.87. The van der Waals surface area contributed by atoms with Gasteiger partial charge < -0.3 is 10.6 Å². The minimum atomic E-state index is -2.39. The second-order valence-corrected chi connectivity index (χ2v) is 3.95. The van der Waals surface area contributed by atoms with E-state index < -0.39 is 13.0 Å². The molecule has 0 aromatic carbocycles. The molecule has 2 N–H and O–H groups in total. The van der Waals surface area contributed by atoms with Gasteiger partial charge in [0, 0.05) is 18.5 Å². The summed E-state index contributed by atoms with van der Waals surface area (Å²) in [5.41, 5.74) is 0. The third kappa shape index (κ3) is 4.50. The lowest BCUT2D eigenvalue weighted by atomic mass is 10.2. The number of hydrogen-bond acceptors (Lipinski definition) is 4. The molecule has 96 valence electrons. The highest BCUT2D eigenvalue weighted by molar-refractivity contribution is 5.47. The molecule has 0 aliphatic heterocycles. The van der Waals surface area contributed by atoms with Crippen LogP contribution in [0.15, 0.2) is 6.07 Å². The smallest absolute Gasteiger partial charge is 0.255 e. The van der Waals surface area contributed by atoms with E-state index in [0.717, 1.165) is 6.54 Å². The zero-order valence-corrected chi connectivity index (χ0v) is 10.3. The van der Waals surface area contributed by atoms with Crippen molar-refractivity contribution in [3.05, 3.63) is 11.9 Å². The van der Waals surface area contributed by atoms with Crippen LogP contribution in [0.3, 0.4) is 0 Å². The first kappa shape index (κ1) is 13.6. The quantitative estimate of drug-likeness (QED) is 0.807. The van der Waals surface area contributed by atoms with Crippen LogP contribution < -0.4 is 10.6 Å². The van der Waals surface area contributed by atoms with Crippen LogP contribution in [0.4, 0.5) is 20.4 Å². The highest BCUT2D eigenvalue weighted by Crippen LogP contribution is 2.17. The normalized spacial score (nSPS) is 11.0. The van der Waals surface area contributed by atoms with Crippen molar-refractivity contribution in [3.8, 4) is 0 Å². The molecule has 0 radical (unpaired) electrons. The summed E-state index contributed by atoms with van der Waals surface area (Å²) in [5.74, 6) is 1.88. The number of halogens is 2. The standard InChI is InChI=1S/C11H18F2N4/c1-4-14-9-5-10(15-6-8(12)13)17-11(16-9)7(2)3/h5,7-8H,4,6H2,1-3H3,(H2,14,15,16,17). The van der Waals surface area contributed by atoms with Crippen molar-refractivity contribution in [3.63, 3.8) is 0 Å². The average molecular weight is 244 g/mol. The van der Waals surface area contributed by atoms with Crippen LogP contribution in [0.5, 0.6) is 0 Å². The van der Waals surface area contributed by atoms with Gasteiger partial charge in [-0.05, 0) is 6.92 Å². The number of nitrogens with zero attached hydrogens (tertiary/aromatic N) is 2. The summed E-state index contributed by atoms with van der Waals surface area (Å²) in [5, 5.41) is 5.65. The summed E-state index contributed by atoms with van der Waals surface area (Å²) in [4.78, 5) is 8.49. The molecule has 17 heavy (non-hydrogen) atoms. The maximum absolute atomic E-state index is 12.1. The fourth-order valence-corrected chi connectivity index (χ4v) is 1.27. The Morgan fingerprint density at radius 3 is 2.24 bits per heavy atom. The lowest BCUT2D eigenvalue weighted by Crippen LogP contribution is -2.13. The maximum Gasteiger partial charge on any atom is 0.255 e. The average Bonchev–Trinajstić information content (AvgIpc) is 2.26. The first-order valence-corrected chi connectivity index (χ1v) is 5.67. The number of nitrogens with one attached hydrogen (secondary N) is 2. The SMILES string of the molecule is CCNc1cc(NCC(F)F)nc(C(C)C)n1. The molecule has 0 amide bonds. The number of rotatable bonds is 6. The molecule has 0 fully saturated rings. The third-order valence-electron chi connectivity index (χ3n) is 2.06. The van der Waals surface area contributed by atoms with Crippen LogP contribution in [0.25, 0.3) is 0 Å². The van der Waals surface area contributed by atoms with Gasteiger partial charge in [-0.15, -0.1) is 0 Å². The van der Waals surface area contributed by atoms with Crippen LogP contribution in [-0.4, -0.2) is 29.5 Å². The van der Waals surface area contributed by atoms with Crippen molar-refractivity contribution in [2.24, 2.45) is 0 Å². The largest absolute Gasteiger partial charge is 0.370 e. The summed E-state index contributed by atoms with van der Waals surface area (Å²) in [6.07, 6.45) is -2.39. The van der Waals surface area contributed by atoms with Crippen LogP contribution in [0.2, 0.25) is 0 Å². The van der Waals surface area contributed by atoms with Crippen LogP contribution >= 0.6 is 0 Å². The topological polar surface area (TPSA) is 49.8 Å². The number of aromatic nitrogens is 2. The molecule has 0 bridgehead atoms. The fraction of sp³-hybridized carbons (Fsp3) is 0.636. The van der Waals surface area contributed by atoms with Crippen molar-refractivity contribution < 1.29 is 8.78 Å². The van der Waals surface area contributed by atoms with E-state index in [1.807, 2.05) is 20.8 Å². The van der Waals surface area contributed by atoms with Crippen LogP contribution in [0, 0.1) is 0 Å². The minimum absolute atomic E-state index is 0.153. The number of hydrogen-bond donors (Lipinski definition) is 2. The summed E-state index contributed by atoms with van der Waals surface area (Å²) >= 11 is 0. The maximum atomic E-state index is 12.1. The fourth-order valence-electron chi connectivity index (χ4n) is 1.27. The van der Waals surface area contributed by atoms with Crippen LogP contribution in [0.1, 0.15) is 32.5 Å². The summed E-state index contributed by atoms with van der Waals surface area (Å²) in [6, 6.07) is 1.64. The predicted octanol–water partition coefficient (Wildman–Crippen LogP) is 2.71. The van der Waals surface area contributed by atoms with E-state index in [1.165, 1.54) is 0 Å². The van der Waals surface area contributed by atoms with E-state index in [-0.39, 0.29) is 5.92 Å². The van der Waals surface area contributed by atoms with Gasteiger partial charge in [0.15, 0.2) is 0 Å². The Morgan fingerprint density at radius 2 is 1.76 bits per heavy atom. The number of anilines is 2. The molecule has 0 unspecified atom stereocenters. The molecule has 0 aliphatic rings.